The van der Waals surface area contributed by atoms with Gasteiger partial charge in [-0.2, -0.15) is 0 Å². The van der Waals surface area contributed by atoms with Gasteiger partial charge in [-0.15, -0.1) is 0 Å². The van der Waals surface area contributed by atoms with Crippen molar-refractivity contribution in [2.24, 2.45) is 0 Å². The van der Waals surface area contributed by atoms with E-state index in [4.69, 9.17) is 10.5 Å². The zero-order valence-corrected chi connectivity index (χ0v) is 9.79. The van der Waals surface area contributed by atoms with Crippen molar-refractivity contribution in [1.82, 2.24) is 4.90 Å². The summed E-state index contributed by atoms with van der Waals surface area (Å²) in [6.45, 7) is 3.76. The molecule has 1 aromatic carbocycles. The molecule has 0 heterocycles. The normalized spacial score (nSPS) is 10.7. The number of benzene rings is 1. The number of ether oxygens (including phenoxy) is 1. The Morgan fingerprint density at radius 2 is 2.07 bits per heavy atom. The molecule has 1 aromatic rings. The van der Waals surface area contributed by atoms with Crippen LogP contribution < -0.4 is 10.5 Å². The Balaban J connectivity index is 2.41. The molecule has 3 nitrogen and oxygen atoms in total. The van der Waals surface area contributed by atoms with Crippen LogP contribution in [0, 0.1) is 6.92 Å². The van der Waals surface area contributed by atoms with Crippen LogP contribution in [0.4, 0.5) is 5.69 Å². The maximum atomic E-state index is 5.78. The molecule has 15 heavy (non-hydrogen) atoms. The van der Waals surface area contributed by atoms with Crippen LogP contribution in [-0.2, 0) is 0 Å². The van der Waals surface area contributed by atoms with Gasteiger partial charge in [0, 0.05) is 17.8 Å². The number of rotatable bonds is 5. The average Bonchev–Trinajstić information content (AvgIpc) is 2.18. The van der Waals surface area contributed by atoms with Crippen LogP contribution in [0.2, 0.25) is 0 Å². The van der Waals surface area contributed by atoms with Crippen LogP contribution in [0.15, 0.2) is 18.2 Å². The minimum absolute atomic E-state index is 0.739. The molecule has 0 amide bonds. The lowest BCUT2D eigenvalue weighted by atomic mass is 10.2. The number of hydrogen-bond donors (Lipinski definition) is 1. The molecule has 0 atom stereocenters. The van der Waals surface area contributed by atoms with Gasteiger partial charge in [0.15, 0.2) is 0 Å². The van der Waals surface area contributed by atoms with Crippen molar-refractivity contribution >= 4 is 5.69 Å². The van der Waals surface area contributed by atoms with E-state index in [2.05, 4.69) is 19.0 Å². The summed E-state index contributed by atoms with van der Waals surface area (Å²) >= 11 is 0. The first-order valence-electron chi connectivity index (χ1n) is 5.24. The van der Waals surface area contributed by atoms with Crippen molar-refractivity contribution in [1.29, 1.82) is 0 Å². The topological polar surface area (TPSA) is 38.5 Å². The fourth-order valence-corrected chi connectivity index (χ4v) is 1.35. The van der Waals surface area contributed by atoms with Gasteiger partial charge in [-0.05, 0) is 39.6 Å². The third-order valence-corrected chi connectivity index (χ3v) is 2.33. The minimum Gasteiger partial charge on any atom is -0.493 e. The second kappa shape index (κ2) is 5.61. The average molecular weight is 208 g/mol. The number of nitrogens with two attached hydrogens (primary N) is 1. The Hall–Kier alpha value is -1.22. The summed E-state index contributed by atoms with van der Waals surface area (Å²) in [4.78, 5) is 2.15. The van der Waals surface area contributed by atoms with E-state index in [9.17, 15) is 0 Å². The van der Waals surface area contributed by atoms with Gasteiger partial charge in [-0.1, -0.05) is 6.07 Å². The summed E-state index contributed by atoms with van der Waals surface area (Å²) in [7, 11) is 4.12. The van der Waals surface area contributed by atoms with Gasteiger partial charge in [-0.3, -0.25) is 0 Å². The highest BCUT2D eigenvalue weighted by Gasteiger charge is 2.01. The molecule has 0 aliphatic heterocycles. The number of anilines is 1. The molecule has 0 aliphatic rings. The number of nitrogen functional groups attached to an aromatic ring is 1. The fraction of sp³-hybridized carbons (Fsp3) is 0.500. The van der Waals surface area contributed by atoms with Crippen LogP contribution in [-0.4, -0.2) is 32.1 Å². The van der Waals surface area contributed by atoms with E-state index < -0.39 is 0 Å². The van der Waals surface area contributed by atoms with Crippen molar-refractivity contribution in [2.75, 3.05) is 33.0 Å². The Morgan fingerprint density at radius 3 is 2.73 bits per heavy atom. The third kappa shape index (κ3) is 3.80. The molecule has 1 rings (SSSR count). The first-order chi connectivity index (χ1) is 7.11. The van der Waals surface area contributed by atoms with Crippen LogP contribution in [0.3, 0.4) is 0 Å². The molecule has 0 spiro atoms. The van der Waals surface area contributed by atoms with E-state index in [-0.39, 0.29) is 0 Å². The molecule has 0 bridgehead atoms. The highest BCUT2D eigenvalue weighted by molar-refractivity contribution is 5.53. The molecule has 84 valence electrons. The largest absolute Gasteiger partial charge is 0.493 e. The van der Waals surface area contributed by atoms with E-state index in [1.807, 2.05) is 25.1 Å². The van der Waals surface area contributed by atoms with Crippen LogP contribution in [0.5, 0.6) is 5.75 Å². The standard InChI is InChI=1S/C12H20N2O/c1-10-11(13)6-4-7-12(10)15-9-5-8-14(2)3/h4,6-7H,5,8-9,13H2,1-3H3. The van der Waals surface area contributed by atoms with Crippen LogP contribution >= 0.6 is 0 Å². The second-order valence-electron chi connectivity index (χ2n) is 3.98. The Morgan fingerprint density at radius 1 is 1.33 bits per heavy atom. The first kappa shape index (κ1) is 11.9. The van der Waals surface area contributed by atoms with Gasteiger partial charge < -0.3 is 15.4 Å². The zero-order valence-electron chi connectivity index (χ0n) is 9.79. The smallest absolute Gasteiger partial charge is 0.124 e. The number of hydrogen-bond acceptors (Lipinski definition) is 3. The fourth-order valence-electron chi connectivity index (χ4n) is 1.35. The summed E-state index contributed by atoms with van der Waals surface area (Å²) in [5.74, 6) is 0.897. The van der Waals surface area contributed by atoms with Crippen LogP contribution in [0.1, 0.15) is 12.0 Å². The lowest BCUT2D eigenvalue weighted by Crippen LogP contribution is -2.15. The SMILES string of the molecule is Cc1c(N)cccc1OCCCN(C)C. The molecule has 0 saturated carbocycles. The van der Waals surface area contributed by atoms with Gasteiger partial charge in [0.2, 0.25) is 0 Å². The predicted molar refractivity (Wildman–Crippen MR) is 64.3 cm³/mol. The number of nitrogens with zero attached hydrogens (tertiary/aromatic N) is 1. The summed E-state index contributed by atoms with van der Waals surface area (Å²) in [6.07, 6.45) is 1.03. The lowest BCUT2D eigenvalue weighted by Gasteiger charge is -2.12. The minimum atomic E-state index is 0.739. The molecular formula is C12H20N2O. The molecular weight excluding hydrogens is 188 g/mol. The summed E-state index contributed by atoms with van der Waals surface area (Å²) in [6, 6.07) is 5.77. The first-order valence-corrected chi connectivity index (χ1v) is 5.24. The van der Waals surface area contributed by atoms with Crippen molar-refractivity contribution < 1.29 is 4.74 Å². The predicted octanol–water partition coefficient (Wildman–Crippen LogP) is 1.91. The van der Waals surface area contributed by atoms with Gasteiger partial charge in [-0.25, -0.2) is 0 Å². The monoisotopic (exact) mass is 208 g/mol. The van der Waals surface area contributed by atoms with Gasteiger partial charge in [0.05, 0.1) is 6.61 Å². The van der Waals surface area contributed by atoms with E-state index in [1.165, 1.54) is 0 Å². The second-order valence-corrected chi connectivity index (χ2v) is 3.98. The van der Waals surface area contributed by atoms with Gasteiger partial charge in [0.25, 0.3) is 0 Å². The molecule has 0 unspecified atom stereocenters. The molecule has 0 aromatic heterocycles. The summed E-state index contributed by atoms with van der Waals surface area (Å²) < 4.78 is 5.66. The summed E-state index contributed by atoms with van der Waals surface area (Å²) in [5, 5.41) is 0. The zero-order chi connectivity index (χ0) is 11.3. The van der Waals surface area contributed by atoms with E-state index in [0.717, 1.165) is 36.6 Å². The molecule has 2 N–H and O–H groups in total. The van der Waals surface area contributed by atoms with Gasteiger partial charge in [0.1, 0.15) is 5.75 Å². The molecule has 0 saturated heterocycles. The molecule has 0 fully saturated rings. The summed E-state index contributed by atoms with van der Waals surface area (Å²) in [5.41, 5.74) is 7.61. The van der Waals surface area contributed by atoms with Gasteiger partial charge >= 0.3 is 0 Å². The highest BCUT2D eigenvalue weighted by atomic mass is 16.5. The van der Waals surface area contributed by atoms with E-state index in [1.54, 1.807) is 0 Å². The van der Waals surface area contributed by atoms with Crippen molar-refractivity contribution in [3.05, 3.63) is 23.8 Å². The lowest BCUT2D eigenvalue weighted by molar-refractivity contribution is 0.280. The van der Waals surface area contributed by atoms with Crippen molar-refractivity contribution in [3.63, 3.8) is 0 Å². The quantitative estimate of drug-likeness (QED) is 0.593. The van der Waals surface area contributed by atoms with Crippen molar-refractivity contribution in [3.8, 4) is 5.75 Å². The van der Waals surface area contributed by atoms with E-state index >= 15 is 0 Å². The molecule has 3 heteroatoms. The maximum Gasteiger partial charge on any atom is 0.124 e. The van der Waals surface area contributed by atoms with Crippen LogP contribution in [0.25, 0.3) is 0 Å². The maximum absolute atomic E-state index is 5.78. The Kier molecular flexibility index (Phi) is 4.43. The molecule has 0 radical (unpaired) electrons. The highest BCUT2D eigenvalue weighted by Crippen LogP contribution is 2.22. The Labute approximate surface area is 91.8 Å². The third-order valence-electron chi connectivity index (χ3n) is 2.33. The van der Waals surface area contributed by atoms with E-state index in [0.29, 0.717) is 0 Å². The molecule has 0 aliphatic carbocycles. The Bertz CT molecular complexity index is 310. The van der Waals surface area contributed by atoms with Crippen molar-refractivity contribution in [2.45, 2.75) is 13.3 Å².